The Bertz CT molecular complexity index is 904. The van der Waals surface area contributed by atoms with E-state index in [4.69, 9.17) is 21.3 Å². The van der Waals surface area contributed by atoms with E-state index in [9.17, 15) is 0 Å². The molecule has 0 bridgehead atoms. The number of aromatic nitrogens is 1. The molecule has 1 N–H and O–H groups in total. The quantitative estimate of drug-likeness (QED) is 0.842. The number of piperazine rings is 1. The van der Waals surface area contributed by atoms with Crippen LogP contribution in [-0.2, 0) is 4.74 Å². The average Bonchev–Trinajstić information content (AvgIpc) is 2.89. The summed E-state index contributed by atoms with van der Waals surface area (Å²) in [5, 5.41) is 4.26. The number of morpholine rings is 1. The van der Waals surface area contributed by atoms with Gasteiger partial charge in [-0.2, -0.15) is 0 Å². The second-order valence-corrected chi connectivity index (χ2v) is 8.39. The van der Waals surface area contributed by atoms with Gasteiger partial charge in [-0.25, -0.2) is 0 Å². The average molecular weight is 411 g/mol. The van der Waals surface area contributed by atoms with Crippen LogP contribution in [0.15, 0.2) is 36.5 Å². The molecule has 0 radical (unpaired) electrons. The van der Waals surface area contributed by atoms with Crippen molar-refractivity contribution in [3.05, 3.63) is 63.9 Å². The molecular formula is C23H27ClN4O. The van der Waals surface area contributed by atoms with Gasteiger partial charge in [-0.15, -0.1) is 0 Å². The van der Waals surface area contributed by atoms with E-state index in [0.717, 1.165) is 69.7 Å². The van der Waals surface area contributed by atoms with Gasteiger partial charge >= 0.3 is 0 Å². The minimum atomic E-state index is 0.152. The highest BCUT2D eigenvalue weighted by atomic mass is 35.5. The minimum Gasteiger partial charge on any atom is -0.379 e. The first-order valence-corrected chi connectivity index (χ1v) is 10.9. The van der Waals surface area contributed by atoms with Gasteiger partial charge in [0, 0.05) is 57.0 Å². The van der Waals surface area contributed by atoms with Crippen LogP contribution in [0.2, 0.25) is 5.02 Å². The van der Waals surface area contributed by atoms with Gasteiger partial charge in [0.25, 0.3) is 0 Å². The van der Waals surface area contributed by atoms with Crippen molar-refractivity contribution in [1.82, 2.24) is 20.1 Å². The van der Waals surface area contributed by atoms with Crippen molar-refractivity contribution in [3.63, 3.8) is 0 Å². The first-order valence-electron chi connectivity index (χ1n) is 10.5. The number of halogens is 1. The van der Waals surface area contributed by atoms with E-state index in [1.165, 1.54) is 22.3 Å². The highest BCUT2D eigenvalue weighted by Crippen LogP contribution is 2.40. The van der Waals surface area contributed by atoms with E-state index in [1.807, 2.05) is 18.3 Å². The zero-order valence-electron chi connectivity index (χ0n) is 16.6. The molecule has 0 spiro atoms. The maximum Gasteiger partial charge on any atom is 0.0789 e. The summed E-state index contributed by atoms with van der Waals surface area (Å²) in [6, 6.07) is 10.8. The van der Waals surface area contributed by atoms with E-state index in [-0.39, 0.29) is 6.04 Å². The number of nitrogens with one attached hydrogen (secondary N) is 1. The van der Waals surface area contributed by atoms with Gasteiger partial charge in [0.1, 0.15) is 0 Å². The standard InChI is InChI=1S/C23H27ClN4O/c24-19-3-4-20-21(15-19)18(16-27-10-12-29-13-11-27)14-17-2-1-5-26-22(17)23(20)28-8-6-25-7-9-28/h1-5,14-15,23,25H,6-13,16H2. The number of fused-ring (bicyclic) bond motifs is 2. The summed E-state index contributed by atoms with van der Waals surface area (Å²) in [6.45, 7) is 8.49. The van der Waals surface area contributed by atoms with E-state index >= 15 is 0 Å². The predicted octanol–water partition coefficient (Wildman–Crippen LogP) is 2.92. The SMILES string of the molecule is Clc1ccc2c(c1)C(CN1CCOCC1)=Cc1cccnc1C2N1CCNCC1. The van der Waals surface area contributed by atoms with Crippen LogP contribution in [0, 0.1) is 0 Å². The molecule has 5 nitrogen and oxygen atoms in total. The summed E-state index contributed by atoms with van der Waals surface area (Å²) < 4.78 is 5.55. The highest BCUT2D eigenvalue weighted by molar-refractivity contribution is 6.30. The lowest BCUT2D eigenvalue weighted by Crippen LogP contribution is -2.45. The zero-order chi connectivity index (χ0) is 19.6. The van der Waals surface area contributed by atoms with Gasteiger partial charge in [-0.05, 0) is 46.5 Å². The largest absolute Gasteiger partial charge is 0.379 e. The zero-order valence-corrected chi connectivity index (χ0v) is 17.4. The van der Waals surface area contributed by atoms with E-state index in [1.54, 1.807) is 0 Å². The molecule has 0 saturated carbocycles. The van der Waals surface area contributed by atoms with Gasteiger partial charge in [-0.1, -0.05) is 23.7 Å². The minimum absolute atomic E-state index is 0.152. The van der Waals surface area contributed by atoms with Crippen molar-refractivity contribution in [1.29, 1.82) is 0 Å². The number of ether oxygens (including phenoxy) is 1. The van der Waals surface area contributed by atoms with Gasteiger partial charge in [0.15, 0.2) is 0 Å². The molecule has 1 aromatic carbocycles. The normalized spacial score (nSPS) is 23.1. The molecule has 1 atom stereocenters. The monoisotopic (exact) mass is 410 g/mol. The first-order chi connectivity index (χ1) is 14.3. The van der Waals surface area contributed by atoms with Crippen molar-refractivity contribution in [2.75, 3.05) is 59.0 Å². The molecule has 152 valence electrons. The lowest BCUT2D eigenvalue weighted by Gasteiger charge is -2.36. The Balaban J connectivity index is 1.62. The molecule has 6 heteroatoms. The Morgan fingerprint density at radius 2 is 1.93 bits per heavy atom. The maximum atomic E-state index is 6.48. The molecule has 3 heterocycles. The van der Waals surface area contributed by atoms with Crippen LogP contribution >= 0.6 is 11.6 Å². The van der Waals surface area contributed by atoms with Crippen molar-refractivity contribution in [2.24, 2.45) is 0 Å². The van der Waals surface area contributed by atoms with Gasteiger partial charge in [0.05, 0.1) is 24.9 Å². The molecule has 0 amide bonds. The molecule has 2 saturated heterocycles. The Labute approximate surface area is 177 Å². The molecule has 29 heavy (non-hydrogen) atoms. The van der Waals surface area contributed by atoms with Crippen LogP contribution in [-0.4, -0.2) is 73.8 Å². The molecular weight excluding hydrogens is 384 g/mol. The second kappa shape index (κ2) is 8.54. The van der Waals surface area contributed by atoms with E-state index in [2.05, 4.69) is 39.4 Å². The Hall–Kier alpha value is -1.76. The van der Waals surface area contributed by atoms with Crippen molar-refractivity contribution in [2.45, 2.75) is 6.04 Å². The number of hydrogen-bond acceptors (Lipinski definition) is 5. The summed E-state index contributed by atoms with van der Waals surface area (Å²) in [7, 11) is 0. The molecule has 5 rings (SSSR count). The first kappa shape index (κ1) is 19.2. The van der Waals surface area contributed by atoms with Crippen molar-refractivity contribution < 1.29 is 4.74 Å². The van der Waals surface area contributed by atoms with Crippen LogP contribution in [0.4, 0.5) is 0 Å². The van der Waals surface area contributed by atoms with Gasteiger partial charge < -0.3 is 10.1 Å². The fraction of sp³-hybridized carbons (Fsp3) is 0.435. The van der Waals surface area contributed by atoms with Crippen LogP contribution in [0.25, 0.3) is 11.6 Å². The molecule has 3 aliphatic rings. The third-order valence-electron chi connectivity index (χ3n) is 6.13. The molecule has 2 fully saturated rings. The third kappa shape index (κ3) is 3.98. The predicted molar refractivity (Wildman–Crippen MR) is 117 cm³/mol. The van der Waals surface area contributed by atoms with E-state index in [0.29, 0.717) is 0 Å². The molecule has 1 aliphatic carbocycles. The van der Waals surface area contributed by atoms with Crippen LogP contribution in [0.5, 0.6) is 0 Å². The second-order valence-electron chi connectivity index (χ2n) is 7.96. The lowest BCUT2D eigenvalue weighted by molar-refractivity contribution is 0.0444. The number of benzene rings is 1. The molecule has 1 unspecified atom stereocenters. The summed E-state index contributed by atoms with van der Waals surface area (Å²) in [6.07, 6.45) is 4.25. The molecule has 2 aromatic rings. The number of nitrogens with zero attached hydrogens (tertiary/aromatic N) is 3. The van der Waals surface area contributed by atoms with Crippen LogP contribution in [0.3, 0.4) is 0 Å². The van der Waals surface area contributed by atoms with Crippen LogP contribution < -0.4 is 5.32 Å². The Morgan fingerprint density at radius 1 is 1.10 bits per heavy atom. The van der Waals surface area contributed by atoms with Crippen LogP contribution in [0.1, 0.15) is 28.4 Å². The highest BCUT2D eigenvalue weighted by Gasteiger charge is 2.31. The fourth-order valence-electron chi connectivity index (χ4n) is 4.68. The number of hydrogen-bond donors (Lipinski definition) is 1. The molecule has 1 aromatic heterocycles. The summed E-state index contributed by atoms with van der Waals surface area (Å²) in [5.74, 6) is 0. The topological polar surface area (TPSA) is 40.6 Å². The summed E-state index contributed by atoms with van der Waals surface area (Å²) in [5.41, 5.74) is 6.25. The van der Waals surface area contributed by atoms with Gasteiger partial charge in [-0.3, -0.25) is 14.8 Å². The Morgan fingerprint density at radius 3 is 2.76 bits per heavy atom. The fourth-order valence-corrected chi connectivity index (χ4v) is 4.85. The lowest BCUT2D eigenvalue weighted by atomic mass is 9.93. The number of pyridine rings is 1. The third-order valence-corrected chi connectivity index (χ3v) is 6.37. The number of rotatable bonds is 3. The maximum absolute atomic E-state index is 6.48. The van der Waals surface area contributed by atoms with Crippen molar-refractivity contribution >= 4 is 23.3 Å². The van der Waals surface area contributed by atoms with Crippen molar-refractivity contribution in [3.8, 4) is 0 Å². The van der Waals surface area contributed by atoms with Gasteiger partial charge in [0.2, 0.25) is 0 Å². The smallest absolute Gasteiger partial charge is 0.0789 e. The summed E-state index contributed by atoms with van der Waals surface area (Å²) in [4.78, 5) is 9.89. The molecule has 2 aliphatic heterocycles. The summed E-state index contributed by atoms with van der Waals surface area (Å²) >= 11 is 6.48. The Kier molecular flexibility index (Phi) is 5.66. The van der Waals surface area contributed by atoms with E-state index < -0.39 is 0 Å².